The van der Waals surface area contributed by atoms with Gasteiger partial charge in [-0.3, -0.25) is 9.78 Å². The van der Waals surface area contributed by atoms with Gasteiger partial charge in [0.15, 0.2) is 17.4 Å². The van der Waals surface area contributed by atoms with E-state index >= 15 is 0 Å². The predicted octanol–water partition coefficient (Wildman–Crippen LogP) is 2.37. The molecule has 0 radical (unpaired) electrons. The maximum Gasteiger partial charge on any atom is 0.290 e. The number of amides is 1. The number of nitrogens with zero attached hydrogens (tertiary/aromatic N) is 5. The number of furan rings is 1. The fourth-order valence-corrected chi connectivity index (χ4v) is 3.10. The summed E-state index contributed by atoms with van der Waals surface area (Å²) in [4.78, 5) is 18.5. The van der Waals surface area contributed by atoms with Gasteiger partial charge < -0.3 is 18.6 Å². The van der Waals surface area contributed by atoms with E-state index in [1.54, 1.807) is 29.4 Å². The monoisotopic (exact) mass is 353 g/mol. The van der Waals surface area contributed by atoms with Gasteiger partial charge in [0.25, 0.3) is 5.91 Å². The van der Waals surface area contributed by atoms with Gasteiger partial charge in [-0.1, -0.05) is 0 Å². The summed E-state index contributed by atoms with van der Waals surface area (Å²) >= 11 is 0. The normalized spacial score (nSPS) is 16.4. The summed E-state index contributed by atoms with van der Waals surface area (Å²) in [7, 11) is 0. The van der Waals surface area contributed by atoms with Crippen LogP contribution in [0, 0.1) is 6.92 Å². The van der Waals surface area contributed by atoms with Crippen molar-refractivity contribution in [2.75, 3.05) is 6.54 Å². The second-order valence-corrected chi connectivity index (χ2v) is 6.19. The molecule has 0 fully saturated rings. The third kappa shape index (κ3) is 2.94. The van der Waals surface area contributed by atoms with Crippen LogP contribution in [-0.2, 0) is 13.2 Å². The SMILES string of the molecule is Cc1ccc(C(=O)N2CCn3c(COc4cccnc4)nnc3C2C)o1. The molecule has 8 nitrogen and oxygen atoms in total. The standard InChI is InChI=1S/C18H19N5O3/c1-12-5-6-15(26-12)18(24)22-8-9-23-16(20-21-17(23)13(22)2)11-25-14-4-3-7-19-10-14/h3-7,10,13H,8-9,11H2,1-2H3. The molecule has 0 bridgehead atoms. The zero-order valence-electron chi connectivity index (χ0n) is 14.6. The molecule has 0 N–H and O–H groups in total. The molecule has 3 aromatic heterocycles. The highest BCUT2D eigenvalue weighted by atomic mass is 16.5. The minimum absolute atomic E-state index is 0.131. The van der Waals surface area contributed by atoms with Crippen molar-refractivity contribution in [1.29, 1.82) is 0 Å². The molecule has 8 heteroatoms. The van der Waals surface area contributed by atoms with Crippen LogP contribution in [-0.4, -0.2) is 37.1 Å². The second-order valence-electron chi connectivity index (χ2n) is 6.19. The van der Waals surface area contributed by atoms with Gasteiger partial charge in [-0.05, 0) is 38.1 Å². The molecule has 0 saturated carbocycles. The predicted molar refractivity (Wildman–Crippen MR) is 91.5 cm³/mol. The third-order valence-electron chi connectivity index (χ3n) is 4.48. The van der Waals surface area contributed by atoms with E-state index in [9.17, 15) is 4.79 Å². The average molecular weight is 353 g/mol. The van der Waals surface area contributed by atoms with Crippen LogP contribution in [0.1, 0.15) is 40.9 Å². The molecule has 0 aliphatic carbocycles. The number of pyridine rings is 1. The van der Waals surface area contributed by atoms with Crippen molar-refractivity contribution in [1.82, 2.24) is 24.6 Å². The van der Waals surface area contributed by atoms with Crippen LogP contribution in [0.5, 0.6) is 5.75 Å². The number of carbonyl (C=O) groups is 1. The van der Waals surface area contributed by atoms with Gasteiger partial charge in [-0.2, -0.15) is 0 Å². The first-order valence-corrected chi connectivity index (χ1v) is 8.45. The van der Waals surface area contributed by atoms with E-state index in [4.69, 9.17) is 9.15 Å². The third-order valence-corrected chi connectivity index (χ3v) is 4.48. The number of aryl methyl sites for hydroxylation is 1. The molecule has 26 heavy (non-hydrogen) atoms. The summed E-state index contributed by atoms with van der Waals surface area (Å²) in [5, 5.41) is 8.51. The zero-order valence-corrected chi connectivity index (χ0v) is 14.6. The van der Waals surface area contributed by atoms with E-state index in [-0.39, 0.29) is 11.9 Å². The Balaban J connectivity index is 1.50. The molecule has 0 aromatic carbocycles. The van der Waals surface area contributed by atoms with Gasteiger partial charge in [-0.25, -0.2) is 0 Å². The Morgan fingerprint density at radius 2 is 2.19 bits per heavy atom. The molecule has 4 heterocycles. The summed E-state index contributed by atoms with van der Waals surface area (Å²) < 4.78 is 13.2. The zero-order chi connectivity index (χ0) is 18.1. The molecule has 0 spiro atoms. The van der Waals surface area contributed by atoms with E-state index in [0.717, 1.165) is 17.4 Å². The largest absolute Gasteiger partial charge is 0.484 e. The summed E-state index contributed by atoms with van der Waals surface area (Å²) in [6.45, 7) is 5.24. The molecule has 1 atom stereocenters. The number of ether oxygens (including phenoxy) is 1. The van der Waals surface area contributed by atoms with Crippen LogP contribution in [0.25, 0.3) is 0 Å². The van der Waals surface area contributed by atoms with E-state index < -0.39 is 0 Å². The molecule has 0 saturated heterocycles. The molecule has 1 aliphatic heterocycles. The molecular weight excluding hydrogens is 334 g/mol. The van der Waals surface area contributed by atoms with Crippen LogP contribution in [0.3, 0.4) is 0 Å². The highest BCUT2D eigenvalue weighted by Gasteiger charge is 2.32. The first kappa shape index (κ1) is 16.3. The van der Waals surface area contributed by atoms with Gasteiger partial charge in [0.1, 0.15) is 18.1 Å². The van der Waals surface area contributed by atoms with Crippen LogP contribution < -0.4 is 4.74 Å². The van der Waals surface area contributed by atoms with Crippen LogP contribution >= 0.6 is 0 Å². The van der Waals surface area contributed by atoms with Gasteiger partial charge >= 0.3 is 0 Å². The van der Waals surface area contributed by atoms with Crippen molar-refractivity contribution in [3.63, 3.8) is 0 Å². The van der Waals surface area contributed by atoms with Crippen molar-refractivity contribution in [2.45, 2.75) is 33.0 Å². The van der Waals surface area contributed by atoms with E-state index in [0.29, 0.717) is 31.2 Å². The Bertz CT molecular complexity index is 918. The molecule has 134 valence electrons. The summed E-state index contributed by atoms with van der Waals surface area (Å²) in [5.41, 5.74) is 0. The highest BCUT2D eigenvalue weighted by Crippen LogP contribution is 2.26. The number of aromatic nitrogens is 4. The summed E-state index contributed by atoms with van der Waals surface area (Å²) in [6, 6.07) is 6.96. The second kappa shape index (κ2) is 6.62. The lowest BCUT2D eigenvalue weighted by Crippen LogP contribution is -2.41. The number of hydrogen-bond acceptors (Lipinski definition) is 6. The molecule has 1 unspecified atom stereocenters. The van der Waals surface area contributed by atoms with Crippen molar-refractivity contribution in [3.8, 4) is 5.75 Å². The minimum Gasteiger partial charge on any atom is -0.484 e. The number of hydrogen-bond donors (Lipinski definition) is 0. The van der Waals surface area contributed by atoms with Gasteiger partial charge in [0, 0.05) is 19.3 Å². The molecular formula is C18H19N5O3. The number of carbonyl (C=O) groups excluding carboxylic acids is 1. The average Bonchev–Trinajstić information content (AvgIpc) is 3.27. The van der Waals surface area contributed by atoms with Crippen molar-refractivity contribution >= 4 is 5.91 Å². The van der Waals surface area contributed by atoms with Crippen LogP contribution in [0.15, 0.2) is 41.1 Å². The van der Waals surface area contributed by atoms with Crippen LogP contribution in [0.2, 0.25) is 0 Å². The summed E-state index contributed by atoms with van der Waals surface area (Å²) in [6.07, 6.45) is 3.35. The Labute approximate surface area is 150 Å². The first-order valence-electron chi connectivity index (χ1n) is 8.45. The lowest BCUT2D eigenvalue weighted by molar-refractivity contribution is 0.0600. The van der Waals surface area contributed by atoms with Crippen LogP contribution in [0.4, 0.5) is 0 Å². The lowest BCUT2D eigenvalue weighted by Gasteiger charge is -2.33. The van der Waals surface area contributed by atoms with E-state index in [2.05, 4.69) is 15.2 Å². The number of rotatable bonds is 4. The van der Waals surface area contributed by atoms with Crippen molar-refractivity contribution in [3.05, 3.63) is 59.8 Å². The Morgan fingerprint density at radius 1 is 1.31 bits per heavy atom. The minimum atomic E-state index is -0.193. The smallest absolute Gasteiger partial charge is 0.290 e. The maximum absolute atomic E-state index is 12.7. The van der Waals surface area contributed by atoms with Crippen molar-refractivity contribution < 1.29 is 13.9 Å². The van der Waals surface area contributed by atoms with Gasteiger partial charge in [0.2, 0.25) is 0 Å². The summed E-state index contributed by atoms with van der Waals surface area (Å²) in [5.74, 6) is 3.10. The van der Waals surface area contributed by atoms with Gasteiger partial charge in [0.05, 0.1) is 12.2 Å². The topological polar surface area (TPSA) is 86.3 Å². The quantitative estimate of drug-likeness (QED) is 0.716. The van der Waals surface area contributed by atoms with Gasteiger partial charge in [-0.15, -0.1) is 10.2 Å². The van der Waals surface area contributed by atoms with E-state index in [1.807, 2.05) is 30.5 Å². The number of fused-ring (bicyclic) bond motifs is 1. The first-order chi connectivity index (χ1) is 12.6. The maximum atomic E-state index is 12.7. The molecule has 3 aromatic rings. The van der Waals surface area contributed by atoms with E-state index in [1.165, 1.54) is 0 Å². The molecule has 1 aliphatic rings. The Hall–Kier alpha value is -3.16. The Morgan fingerprint density at radius 3 is 2.92 bits per heavy atom. The Kier molecular flexibility index (Phi) is 4.16. The fraction of sp³-hybridized carbons (Fsp3) is 0.333. The highest BCUT2D eigenvalue weighted by molar-refractivity contribution is 5.91. The van der Waals surface area contributed by atoms with Crippen molar-refractivity contribution in [2.24, 2.45) is 0 Å². The lowest BCUT2D eigenvalue weighted by atomic mass is 10.2. The molecule has 1 amide bonds. The fourth-order valence-electron chi connectivity index (χ4n) is 3.10. The molecule has 4 rings (SSSR count).